The minimum Gasteiger partial charge on any atom is -0.387 e. The summed E-state index contributed by atoms with van der Waals surface area (Å²) in [6.07, 6.45) is 3.42. The monoisotopic (exact) mass is 285 g/mol. The molecule has 0 bridgehead atoms. The molecule has 0 aliphatic rings. The topological polar surface area (TPSA) is 43.8 Å². The third-order valence-electron chi connectivity index (χ3n) is 2.33. The van der Waals surface area contributed by atoms with Crippen LogP contribution in [-0.2, 0) is 6.54 Å². The smallest absolute Gasteiger partial charge is 0.167 e. The lowest BCUT2D eigenvalue weighted by Crippen LogP contribution is -2.17. The summed E-state index contributed by atoms with van der Waals surface area (Å²) in [6.45, 7) is 0.491. The first-order valence-electron chi connectivity index (χ1n) is 4.83. The fourth-order valence-corrected chi connectivity index (χ4v) is 2.20. The van der Waals surface area contributed by atoms with Crippen molar-refractivity contribution in [3.05, 3.63) is 52.0 Å². The summed E-state index contributed by atoms with van der Waals surface area (Å²) in [4.78, 5) is 4.33. The second-order valence-electron chi connectivity index (χ2n) is 3.44. The average Bonchev–Trinajstić information content (AvgIpc) is 2.72. The third-order valence-corrected chi connectivity index (χ3v) is 3.22. The van der Waals surface area contributed by atoms with E-state index in [0.29, 0.717) is 22.4 Å². The van der Waals surface area contributed by atoms with E-state index < -0.39 is 0 Å². The average molecular weight is 286 g/mol. The summed E-state index contributed by atoms with van der Waals surface area (Å²) in [7, 11) is 0. The zero-order valence-corrected chi connectivity index (χ0v) is 11.1. The number of hydrogen-bond donors (Lipinski definition) is 1. The highest BCUT2D eigenvalue weighted by Gasteiger charge is 2.10. The van der Waals surface area contributed by atoms with Crippen molar-refractivity contribution in [1.29, 1.82) is 0 Å². The number of nitrogens with zero attached hydrogens (tertiary/aromatic N) is 2. The Morgan fingerprint density at radius 3 is 2.59 bits per heavy atom. The quantitative estimate of drug-likeness (QED) is 0.882. The molecule has 0 amide bonds. The van der Waals surface area contributed by atoms with Crippen molar-refractivity contribution in [2.45, 2.75) is 6.54 Å². The number of rotatable bonds is 3. The van der Waals surface area contributed by atoms with Crippen LogP contribution in [0.4, 0.5) is 0 Å². The van der Waals surface area contributed by atoms with Gasteiger partial charge in [-0.2, -0.15) is 0 Å². The van der Waals surface area contributed by atoms with Crippen LogP contribution >= 0.6 is 35.4 Å². The van der Waals surface area contributed by atoms with Gasteiger partial charge in [-0.1, -0.05) is 41.5 Å². The van der Waals surface area contributed by atoms with Gasteiger partial charge in [0, 0.05) is 28.0 Å². The van der Waals surface area contributed by atoms with Crippen LogP contribution in [0.3, 0.4) is 0 Å². The van der Waals surface area contributed by atoms with Crippen LogP contribution in [-0.4, -0.2) is 14.5 Å². The van der Waals surface area contributed by atoms with Crippen LogP contribution in [0.1, 0.15) is 11.4 Å². The molecule has 0 aliphatic carbocycles. The predicted molar refractivity (Wildman–Crippen MR) is 73.7 cm³/mol. The molecule has 17 heavy (non-hydrogen) atoms. The van der Waals surface area contributed by atoms with Gasteiger partial charge < -0.3 is 10.3 Å². The van der Waals surface area contributed by atoms with Crippen LogP contribution in [0, 0.1) is 0 Å². The zero-order chi connectivity index (χ0) is 12.4. The molecule has 1 aromatic heterocycles. The van der Waals surface area contributed by atoms with E-state index >= 15 is 0 Å². The van der Waals surface area contributed by atoms with Crippen molar-refractivity contribution in [2.24, 2.45) is 5.73 Å². The molecule has 0 saturated carbocycles. The van der Waals surface area contributed by atoms with Crippen molar-refractivity contribution in [2.75, 3.05) is 0 Å². The van der Waals surface area contributed by atoms with E-state index in [1.165, 1.54) is 0 Å². The van der Waals surface area contributed by atoms with Gasteiger partial charge in [-0.15, -0.1) is 0 Å². The molecular formula is C11H9Cl2N3S. The standard InChI is InChI=1S/C11H9Cl2N3S/c12-8-2-1-3-9(13)7(8)6-16-5-4-15-11(16)10(14)17/h1-5H,6H2,(H2,14,17). The highest BCUT2D eigenvalue weighted by atomic mass is 35.5. The molecule has 3 nitrogen and oxygen atoms in total. The first-order chi connectivity index (χ1) is 8.09. The van der Waals surface area contributed by atoms with Gasteiger partial charge in [0.2, 0.25) is 0 Å². The highest BCUT2D eigenvalue weighted by molar-refractivity contribution is 7.80. The second kappa shape index (κ2) is 5.04. The summed E-state index contributed by atoms with van der Waals surface area (Å²) in [5.74, 6) is 0.552. The maximum Gasteiger partial charge on any atom is 0.167 e. The Hall–Kier alpha value is -1.10. The van der Waals surface area contributed by atoms with E-state index in [1.807, 2.05) is 4.57 Å². The number of nitrogens with two attached hydrogens (primary N) is 1. The Kier molecular flexibility index (Phi) is 3.66. The first kappa shape index (κ1) is 12.4. The predicted octanol–water partition coefficient (Wildman–Crippen LogP) is 2.87. The summed E-state index contributed by atoms with van der Waals surface area (Å²) in [6, 6.07) is 5.39. The van der Waals surface area contributed by atoms with Crippen LogP contribution in [0.25, 0.3) is 0 Å². The van der Waals surface area contributed by atoms with E-state index in [4.69, 9.17) is 41.2 Å². The SMILES string of the molecule is NC(=S)c1nccn1Cc1c(Cl)cccc1Cl. The molecule has 0 spiro atoms. The van der Waals surface area contributed by atoms with E-state index in [9.17, 15) is 0 Å². The first-order valence-corrected chi connectivity index (χ1v) is 6.00. The number of aromatic nitrogens is 2. The fourth-order valence-electron chi connectivity index (χ4n) is 1.52. The van der Waals surface area contributed by atoms with Crippen LogP contribution < -0.4 is 5.73 Å². The Balaban J connectivity index is 2.38. The Morgan fingerprint density at radius 2 is 2.00 bits per heavy atom. The molecule has 1 aromatic carbocycles. The van der Waals surface area contributed by atoms with Gasteiger partial charge in [-0.3, -0.25) is 0 Å². The number of hydrogen-bond acceptors (Lipinski definition) is 2. The van der Waals surface area contributed by atoms with Gasteiger partial charge >= 0.3 is 0 Å². The lowest BCUT2D eigenvalue weighted by molar-refractivity contribution is 0.788. The minimum absolute atomic E-state index is 0.248. The largest absolute Gasteiger partial charge is 0.387 e. The van der Waals surface area contributed by atoms with Crippen molar-refractivity contribution in [1.82, 2.24) is 9.55 Å². The summed E-state index contributed by atoms with van der Waals surface area (Å²) in [5.41, 5.74) is 6.40. The molecule has 88 valence electrons. The summed E-state index contributed by atoms with van der Waals surface area (Å²) >= 11 is 17.1. The highest BCUT2D eigenvalue weighted by Crippen LogP contribution is 2.25. The molecule has 1 heterocycles. The Labute approximate surface area is 114 Å². The normalized spacial score (nSPS) is 10.5. The van der Waals surface area contributed by atoms with Crippen molar-refractivity contribution in [3.8, 4) is 0 Å². The molecule has 0 atom stereocenters. The van der Waals surface area contributed by atoms with E-state index in [2.05, 4.69) is 4.98 Å². The van der Waals surface area contributed by atoms with Gasteiger partial charge in [0.15, 0.2) is 5.82 Å². The Morgan fingerprint density at radius 1 is 1.35 bits per heavy atom. The lowest BCUT2D eigenvalue weighted by Gasteiger charge is -2.10. The van der Waals surface area contributed by atoms with Gasteiger partial charge in [0.05, 0.1) is 6.54 Å². The van der Waals surface area contributed by atoms with Gasteiger partial charge in [0.1, 0.15) is 4.99 Å². The molecular weight excluding hydrogens is 277 g/mol. The molecule has 0 aliphatic heterocycles. The summed E-state index contributed by atoms with van der Waals surface area (Å²) in [5, 5.41) is 1.22. The lowest BCUT2D eigenvalue weighted by atomic mass is 10.2. The van der Waals surface area contributed by atoms with Crippen molar-refractivity contribution in [3.63, 3.8) is 0 Å². The zero-order valence-electron chi connectivity index (χ0n) is 8.73. The molecule has 6 heteroatoms. The molecule has 0 unspecified atom stereocenters. The third kappa shape index (κ3) is 2.60. The molecule has 2 N–H and O–H groups in total. The van der Waals surface area contributed by atoms with Crippen LogP contribution in [0.2, 0.25) is 10.0 Å². The van der Waals surface area contributed by atoms with Crippen LogP contribution in [0.5, 0.6) is 0 Å². The van der Waals surface area contributed by atoms with Gasteiger partial charge in [-0.25, -0.2) is 4.98 Å². The second-order valence-corrected chi connectivity index (χ2v) is 4.70. The molecule has 2 aromatic rings. The van der Waals surface area contributed by atoms with Crippen LogP contribution in [0.15, 0.2) is 30.6 Å². The fraction of sp³-hybridized carbons (Fsp3) is 0.0909. The Bertz CT molecular complexity index is 545. The number of thiocarbonyl (C=S) groups is 1. The number of halogens is 2. The van der Waals surface area contributed by atoms with Gasteiger partial charge in [-0.05, 0) is 12.1 Å². The van der Waals surface area contributed by atoms with E-state index in [-0.39, 0.29) is 4.99 Å². The van der Waals surface area contributed by atoms with E-state index in [0.717, 1.165) is 5.56 Å². The molecule has 0 radical (unpaired) electrons. The number of benzene rings is 1. The summed E-state index contributed by atoms with van der Waals surface area (Å²) < 4.78 is 1.81. The molecule has 0 saturated heterocycles. The van der Waals surface area contributed by atoms with Crippen molar-refractivity contribution >= 4 is 40.4 Å². The molecule has 2 rings (SSSR count). The maximum absolute atomic E-state index is 6.10. The van der Waals surface area contributed by atoms with E-state index in [1.54, 1.807) is 30.6 Å². The maximum atomic E-state index is 6.10. The number of imidazole rings is 1. The van der Waals surface area contributed by atoms with Crippen molar-refractivity contribution < 1.29 is 0 Å². The van der Waals surface area contributed by atoms with Gasteiger partial charge in [0.25, 0.3) is 0 Å². The molecule has 0 fully saturated rings. The minimum atomic E-state index is 0.248.